The summed E-state index contributed by atoms with van der Waals surface area (Å²) in [6, 6.07) is 1.77. The standard InChI is InChI=1S/C7H5Br2N5/c8-6-12-7(9)14(13-6)4-5-10-2-1-3-11-5/h1-3H,4H2. The second-order valence-electron chi connectivity index (χ2n) is 2.47. The Bertz CT molecular complexity index is 427. The summed E-state index contributed by atoms with van der Waals surface area (Å²) in [5, 5.41) is 4.10. The lowest BCUT2D eigenvalue weighted by molar-refractivity contribution is 0.636. The summed E-state index contributed by atoms with van der Waals surface area (Å²) in [4.78, 5) is 12.2. The fourth-order valence-electron chi connectivity index (χ4n) is 0.943. The van der Waals surface area contributed by atoms with Crippen molar-refractivity contribution < 1.29 is 0 Å². The van der Waals surface area contributed by atoms with Crippen molar-refractivity contribution in [2.45, 2.75) is 6.54 Å². The fraction of sp³-hybridized carbons (Fsp3) is 0.143. The van der Waals surface area contributed by atoms with Crippen LogP contribution in [0.5, 0.6) is 0 Å². The fourth-order valence-corrected chi connectivity index (χ4v) is 1.91. The molecule has 0 N–H and O–H groups in total. The number of halogens is 2. The van der Waals surface area contributed by atoms with Crippen molar-refractivity contribution in [3.63, 3.8) is 0 Å². The summed E-state index contributed by atoms with van der Waals surface area (Å²) < 4.78 is 2.86. The first-order valence-corrected chi connectivity index (χ1v) is 5.36. The lowest BCUT2D eigenvalue weighted by Crippen LogP contribution is -2.05. The highest BCUT2D eigenvalue weighted by molar-refractivity contribution is 9.11. The SMILES string of the molecule is Brc1nc(Br)n(Cc2ncccn2)n1. The van der Waals surface area contributed by atoms with E-state index in [1.54, 1.807) is 23.1 Å². The van der Waals surface area contributed by atoms with Gasteiger partial charge >= 0.3 is 0 Å². The second-order valence-corrected chi connectivity index (χ2v) is 3.89. The Morgan fingerprint density at radius 1 is 1.21 bits per heavy atom. The Morgan fingerprint density at radius 3 is 2.50 bits per heavy atom. The van der Waals surface area contributed by atoms with Crippen molar-refractivity contribution >= 4 is 31.9 Å². The van der Waals surface area contributed by atoms with Crippen molar-refractivity contribution in [3.8, 4) is 0 Å². The predicted molar refractivity (Wildman–Crippen MR) is 56.6 cm³/mol. The van der Waals surface area contributed by atoms with Crippen LogP contribution in [0.2, 0.25) is 0 Å². The molecule has 5 nitrogen and oxygen atoms in total. The van der Waals surface area contributed by atoms with E-state index in [-0.39, 0.29) is 0 Å². The molecule has 2 rings (SSSR count). The quantitative estimate of drug-likeness (QED) is 0.844. The first-order valence-electron chi connectivity index (χ1n) is 3.77. The summed E-state index contributed by atoms with van der Waals surface area (Å²) in [6.07, 6.45) is 3.39. The van der Waals surface area contributed by atoms with Crippen LogP contribution < -0.4 is 0 Å². The van der Waals surface area contributed by atoms with Crippen molar-refractivity contribution in [2.75, 3.05) is 0 Å². The van der Waals surface area contributed by atoms with Crippen molar-refractivity contribution in [1.82, 2.24) is 24.7 Å². The summed E-state index contributed by atoms with van der Waals surface area (Å²) in [5.74, 6) is 0.700. The molecule has 0 saturated carbocycles. The van der Waals surface area contributed by atoms with Crippen LogP contribution in [0.3, 0.4) is 0 Å². The van der Waals surface area contributed by atoms with Crippen molar-refractivity contribution in [3.05, 3.63) is 33.8 Å². The van der Waals surface area contributed by atoms with E-state index in [0.717, 1.165) is 0 Å². The molecule has 7 heteroatoms. The Labute approximate surface area is 96.9 Å². The van der Waals surface area contributed by atoms with Crippen LogP contribution in [-0.4, -0.2) is 24.7 Å². The Balaban J connectivity index is 2.23. The van der Waals surface area contributed by atoms with Crippen molar-refractivity contribution in [2.24, 2.45) is 0 Å². The zero-order valence-electron chi connectivity index (χ0n) is 6.93. The molecule has 0 saturated heterocycles. The average Bonchev–Trinajstić information content (AvgIpc) is 2.47. The van der Waals surface area contributed by atoms with E-state index >= 15 is 0 Å². The third kappa shape index (κ3) is 2.16. The van der Waals surface area contributed by atoms with Gasteiger partial charge in [-0.05, 0) is 37.9 Å². The van der Waals surface area contributed by atoms with Gasteiger partial charge in [-0.25, -0.2) is 14.6 Å². The minimum Gasteiger partial charge on any atom is -0.239 e. The molecule has 0 aliphatic heterocycles. The lowest BCUT2D eigenvalue weighted by atomic mass is 10.5. The molecule has 0 spiro atoms. The normalized spacial score (nSPS) is 10.4. The molecule has 14 heavy (non-hydrogen) atoms. The van der Waals surface area contributed by atoms with Crippen LogP contribution in [0, 0.1) is 0 Å². The van der Waals surface area contributed by atoms with E-state index < -0.39 is 0 Å². The van der Waals surface area contributed by atoms with Gasteiger partial charge in [0.15, 0.2) is 4.73 Å². The predicted octanol–water partition coefficient (Wildman–Crippen LogP) is 1.64. The molecule has 0 fully saturated rings. The average molecular weight is 319 g/mol. The highest BCUT2D eigenvalue weighted by Gasteiger charge is 2.06. The van der Waals surface area contributed by atoms with Crippen LogP contribution in [-0.2, 0) is 6.54 Å². The Kier molecular flexibility index (Phi) is 2.87. The van der Waals surface area contributed by atoms with Gasteiger partial charge in [-0.2, -0.15) is 4.98 Å². The van der Waals surface area contributed by atoms with E-state index in [2.05, 4.69) is 51.9 Å². The molecule has 0 amide bonds. The zero-order valence-corrected chi connectivity index (χ0v) is 10.1. The molecule has 0 atom stereocenters. The van der Waals surface area contributed by atoms with Crippen LogP contribution >= 0.6 is 31.9 Å². The summed E-state index contributed by atoms with van der Waals surface area (Å²) in [7, 11) is 0. The highest BCUT2D eigenvalue weighted by atomic mass is 79.9. The maximum atomic E-state index is 4.10. The minimum atomic E-state index is 0.500. The smallest absolute Gasteiger partial charge is 0.218 e. The molecule has 72 valence electrons. The Morgan fingerprint density at radius 2 is 1.93 bits per heavy atom. The minimum absolute atomic E-state index is 0.500. The van der Waals surface area contributed by atoms with Crippen LogP contribution in [0.4, 0.5) is 0 Å². The topological polar surface area (TPSA) is 56.5 Å². The number of rotatable bonds is 2. The summed E-state index contributed by atoms with van der Waals surface area (Å²) in [6.45, 7) is 0.500. The van der Waals surface area contributed by atoms with Gasteiger partial charge in [0.25, 0.3) is 0 Å². The molecule has 0 bridgehead atoms. The molecular formula is C7H5Br2N5. The van der Waals surface area contributed by atoms with Crippen LogP contribution in [0.25, 0.3) is 0 Å². The lowest BCUT2D eigenvalue weighted by Gasteiger charge is -1.99. The van der Waals surface area contributed by atoms with Crippen molar-refractivity contribution in [1.29, 1.82) is 0 Å². The van der Waals surface area contributed by atoms with Gasteiger partial charge < -0.3 is 0 Å². The van der Waals surface area contributed by atoms with E-state index in [1.165, 1.54) is 0 Å². The van der Waals surface area contributed by atoms with Gasteiger partial charge in [0.2, 0.25) is 4.73 Å². The van der Waals surface area contributed by atoms with E-state index in [9.17, 15) is 0 Å². The third-order valence-electron chi connectivity index (χ3n) is 1.51. The number of hydrogen-bond donors (Lipinski definition) is 0. The maximum absolute atomic E-state index is 4.10. The first-order chi connectivity index (χ1) is 6.75. The molecular weight excluding hydrogens is 314 g/mol. The van der Waals surface area contributed by atoms with E-state index in [4.69, 9.17) is 0 Å². The number of aromatic nitrogens is 5. The number of nitrogens with zero attached hydrogens (tertiary/aromatic N) is 5. The molecule has 0 unspecified atom stereocenters. The molecule has 2 heterocycles. The van der Waals surface area contributed by atoms with Gasteiger partial charge in [0, 0.05) is 12.4 Å². The van der Waals surface area contributed by atoms with Gasteiger partial charge in [-0.15, -0.1) is 5.10 Å². The zero-order chi connectivity index (χ0) is 9.97. The van der Waals surface area contributed by atoms with E-state index in [1.807, 2.05) is 0 Å². The third-order valence-corrected chi connectivity index (χ3v) is 2.43. The monoisotopic (exact) mass is 317 g/mol. The Hall–Kier alpha value is -0.820. The summed E-state index contributed by atoms with van der Waals surface area (Å²) in [5.41, 5.74) is 0. The molecule has 2 aromatic heterocycles. The molecule has 0 aliphatic rings. The highest BCUT2D eigenvalue weighted by Crippen LogP contribution is 2.11. The molecule has 2 aromatic rings. The number of hydrogen-bond acceptors (Lipinski definition) is 4. The maximum Gasteiger partial charge on any atom is 0.218 e. The molecule has 0 radical (unpaired) electrons. The van der Waals surface area contributed by atoms with Crippen LogP contribution in [0.1, 0.15) is 5.82 Å². The summed E-state index contributed by atoms with van der Waals surface area (Å²) >= 11 is 6.46. The van der Waals surface area contributed by atoms with Gasteiger partial charge in [0.05, 0.1) is 0 Å². The second kappa shape index (κ2) is 4.14. The van der Waals surface area contributed by atoms with E-state index in [0.29, 0.717) is 21.8 Å². The van der Waals surface area contributed by atoms with Crippen LogP contribution in [0.15, 0.2) is 27.9 Å². The van der Waals surface area contributed by atoms with Gasteiger partial charge in [-0.1, -0.05) is 0 Å². The largest absolute Gasteiger partial charge is 0.239 e. The van der Waals surface area contributed by atoms with Gasteiger partial charge in [0.1, 0.15) is 12.4 Å². The van der Waals surface area contributed by atoms with Gasteiger partial charge in [-0.3, -0.25) is 0 Å². The first kappa shape index (κ1) is 9.72. The molecule has 0 aromatic carbocycles. The molecule has 0 aliphatic carbocycles.